The number of nitrogens with two attached hydrogens (primary N) is 1. The Morgan fingerprint density at radius 3 is 2.33 bits per heavy atom. The highest BCUT2D eigenvalue weighted by molar-refractivity contribution is 6.06. The van der Waals surface area contributed by atoms with E-state index in [4.69, 9.17) is 5.73 Å². The number of primary amides is 1. The quantitative estimate of drug-likeness (QED) is 0.565. The van der Waals surface area contributed by atoms with Gasteiger partial charge >= 0.3 is 0 Å². The minimum absolute atomic E-state index is 0.0424. The van der Waals surface area contributed by atoms with Crippen molar-refractivity contribution in [1.82, 2.24) is 0 Å². The summed E-state index contributed by atoms with van der Waals surface area (Å²) in [5.41, 5.74) is 7.82. The lowest BCUT2D eigenvalue weighted by Crippen LogP contribution is -2.26. The standard InChI is InChI=1S/C23H22N4O3/c1-27(18-10-3-2-4-11-18)23(30)16-8-7-9-17(14-16)25-15-21(28)26-20-13-6-5-12-19(20)22(24)29/h2-14,25H,15H2,1H3,(H2,24,29)(H,26,28). The highest BCUT2D eigenvalue weighted by Crippen LogP contribution is 2.18. The first-order chi connectivity index (χ1) is 14.5. The second-order valence-corrected chi connectivity index (χ2v) is 6.59. The minimum Gasteiger partial charge on any atom is -0.376 e. The van der Waals surface area contributed by atoms with Crippen LogP contribution in [0.3, 0.4) is 0 Å². The Labute approximate surface area is 174 Å². The van der Waals surface area contributed by atoms with E-state index >= 15 is 0 Å². The zero-order valence-electron chi connectivity index (χ0n) is 16.5. The molecule has 0 bridgehead atoms. The Balaban J connectivity index is 1.64. The van der Waals surface area contributed by atoms with E-state index in [1.807, 2.05) is 30.3 Å². The predicted molar refractivity (Wildman–Crippen MR) is 118 cm³/mol. The van der Waals surface area contributed by atoms with Crippen LogP contribution in [0.4, 0.5) is 17.1 Å². The molecule has 3 aromatic rings. The van der Waals surface area contributed by atoms with Gasteiger partial charge in [-0.15, -0.1) is 0 Å². The maximum atomic E-state index is 12.8. The first-order valence-corrected chi connectivity index (χ1v) is 9.31. The maximum absolute atomic E-state index is 12.8. The molecular formula is C23H22N4O3. The van der Waals surface area contributed by atoms with Gasteiger partial charge in [0, 0.05) is 24.0 Å². The number of anilines is 3. The summed E-state index contributed by atoms with van der Waals surface area (Å²) in [6.45, 7) is -0.0424. The van der Waals surface area contributed by atoms with Crippen LogP contribution in [0.5, 0.6) is 0 Å². The fraction of sp³-hybridized carbons (Fsp3) is 0.0870. The number of hydrogen-bond donors (Lipinski definition) is 3. The van der Waals surface area contributed by atoms with Gasteiger partial charge in [0.2, 0.25) is 5.91 Å². The zero-order valence-corrected chi connectivity index (χ0v) is 16.5. The summed E-state index contributed by atoms with van der Waals surface area (Å²) >= 11 is 0. The van der Waals surface area contributed by atoms with E-state index in [0.717, 1.165) is 5.69 Å². The lowest BCUT2D eigenvalue weighted by molar-refractivity contribution is -0.114. The molecule has 0 aliphatic rings. The molecule has 0 atom stereocenters. The molecular weight excluding hydrogens is 380 g/mol. The van der Waals surface area contributed by atoms with Crippen LogP contribution >= 0.6 is 0 Å². The molecule has 30 heavy (non-hydrogen) atoms. The van der Waals surface area contributed by atoms with Crippen LogP contribution in [0.1, 0.15) is 20.7 Å². The predicted octanol–water partition coefficient (Wildman–Crippen LogP) is 3.11. The van der Waals surface area contributed by atoms with Crippen molar-refractivity contribution >= 4 is 34.8 Å². The molecule has 3 amide bonds. The Kier molecular flexibility index (Phi) is 6.44. The number of rotatable bonds is 7. The van der Waals surface area contributed by atoms with Crippen LogP contribution < -0.4 is 21.3 Å². The first-order valence-electron chi connectivity index (χ1n) is 9.31. The van der Waals surface area contributed by atoms with Gasteiger partial charge in [0.1, 0.15) is 0 Å². The van der Waals surface area contributed by atoms with Gasteiger partial charge < -0.3 is 21.3 Å². The number of carbonyl (C=O) groups excluding carboxylic acids is 3. The molecule has 0 heterocycles. The van der Waals surface area contributed by atoms with E-state index in [-0.39, 0.29) is 23.9 Å². The summed E-state index contributed by atoms with van der Waals surface area (Å²) < 4.78 is 0. The van der Waals surface area contributed by atoms with Crippen molar-refractivity contribution in [2.24, 2.45) is 5.73 Å². The Morgan fingerprint density at radius 2 is 1.60 bits per heavy atom. The molecule has 0 radical (unpaired) electrons. The summed E-state index contributed by atoms with van der Waals surface area (Å²) in [6, 6.07) is 22.8. The molecule has 7 nitrogen and oxygen atoms in total. The lowest BCUT2D eigenvalue weighted by Gasteiger charge is -2.18. The van der Waals surface area contributed by atoms with E-state index in [2.05, 4.69) is 10.6 Å². The Morgan fingerprint density at radius 1 is 0.900 bits per heavy atom. The minimum atomic E-state index is -0.618. The molecule has 7 heteroatoms. The number of nitrogens with zero attached hydrogens (tertiary/aromatic N) is 1. The van der Waals surface area contributed by atoms with Gasteiger partial charge in [-0.2, -0.15) is 0 Å². The zero-order chi connectivity index (χ0) is 21.5. The van der Waals surface area contributed by atoms with Crippen molar-refractivity contribution in [3.63, 3.8) is 0 Å². The number of para-hydroxylation sites is 2. The van der Waals surface area contributed by atoms with E-state index in [1.54, 1.807) is 60.5 Å². The number of hydrogen-bond acceptors (Lipinski definition) is 4. The SMILES string of the molecule is CN(C(=O)c1cccc(NCC(=O)Nc2ccccc2C(N)=O)c1)c1ccccc1. The van der Waals surface area contributed by atoms with Gasteiger partial charge in [-0.1, -0.05) is 36.4 Å². The van der Waals surface area contributed by atoms with Crippen molar-refractivity contribution in [1.29, 1.82) is 0 Å². The lowest BCUT2D eigenvalue weighted by atomic mass is 10.1. The number of carbonyl (C=O) groups is 3. The van der Waals surface area contributed by atoms with Crippen molar-refractivity contribution in [3.8, 4) is 0 Å². The summed E-state index contributed by atoms with van der Waals surface area (Å²) in [5.74, 6) is -1.13. The van der Waals surface area contributed by atoms with Gasteiger partial charge in [-0.25, -0.2) is 0 Å². The molecule has 3 rings (SSSR count). The van der Waals surface area contributed by atoms with Crippen LogP contribution in [-0.2, 0) is 4.79 Å². The normalized spacial score (nSPS) is 10.2. The van der Waals surface area contributed by atoms with Crippen LogP contribution in [0, 0.1) is 0 Å². The third-order valence-corrected chi connectivity index (χ3v) is 4.48. The van der Waals surface area contributed by atoms with E-state index in [9.17, 15) is 14.4 Å². The van der Waals surface area contributed by atoms with Gasteiger partial charge in [0.15, 0.2) is 0 Å². The Hall–Kier alpha value is -4.13. The summed E-state index contributed by atoms with van der Waals surface area (Å²) in [6.07, 6.45) is 0. The van der Waals surface area contributed by atoms with E-state index in [1.165, 1.54) is 0 Å². The van der Waals surface area contributed by atoms with Crippen molar-refractivity contribution in [2.45, 2.75) is 0 Å². The van der Waals surface area contributed by atoms with Crippen molar-refractivity contribution in [3.05, 3.63) is 90.0 Å². The monoisotopic (exact) mass is 402 g/mol. The van der Waals surface area contributed by atoms with Crippen LogP contribution in [0.2, 0.25) is 0 Å². The van der Waals surface area contributed by atoms with Gasteiger partial charge in [-0.05, 0) is 42.5 Å². The summed E-state index contributed by atoms with van der Waals surface area (Å²) in [4.78, 5) is 38.0. The van der Waals surface area contributed by atoms with Crippen LogP contribution in [-0.4, -0.2) is 31.3 Å². The van der Waals surface area contributed by atoms with Crippen molar-refractivity contribution in [2.75, 3.05) is 29.1 Å². The first kappa shape index (κ1) is 20.6. The number of nitrogens with one attached hydrogen (secondary N) is 2. The molecule has 0 aromatic heterocycles. The molecule has 0 aliphatic carbocycles. The fourth-order valence-corrected chi connectivity index (χ4v) is 2.91. The third kappa shape index (κ3) is 5.02. The topological polar surface area (TPSA) is 105 Å². The van der Waals surface area contributed by atoms with E-state index in [0.29, 0.717) is 16.9 Å². The third-order valence-electron chi connectivity index (χ3n) is 4.48. The molecule has 0 fully saturated rings. The van der Waals surface area contributed by atoms with Crippen LogP contribution in [0.15, 0.2) is 78.9 Å². The highest BCUT2D eigenvalue weighted by atomic mass is 16.2. The average molecular weight is 402 g/mol. The molecule has 152 valence electrons. The summed E-state index contributed by atoms with van der Waals surface area (Å²) in [7, 11) is 1.71. The van der Waals surface area contributed by atoms with Crippen LogP contribution in [0.25, 0.3) is 0 Å². The molecule has 0 spiro atoms. The molecule has 0 aliphatic heterocycles. The van der Waals surface area contributed by atoms with Crippen molar-refractivity contribution < 1.29 is 14.4 Å². The summed E-state index contributed by atoms with van der Waals surface area (Å²) in [5, 5.41) is 5.65. The van der Waals surface area contributed by atoms with Gasteiger partial charge in [0.25, 0.3) is 11.8 Å². The van der Waals surface area contributed by atoms with E-state index < -0.39 is 5.91 Å². The highest BCUT2D eigenvalue weighted by Gasteiger charge is 2.14. The fourth-order valence-electron chi connectivity index (χ4n) is 2.91. The number of amides is 3. The molecule has 3 aromatic carbocycles. The molecule has 0 saturated carbocycles. The van der Waals surface area contributed by atoms with Gasteiger partial charge in [-0.3, -0.25) is 14.4 Å². The molecule has 4 N–H and O–H groups in total. The smallest absolute Gasteiger partial charge is 0.258 e. The largest absolute Gasteiger partial charge is 0.376 e. The second kappa shape index (κ2) is 9.38. The Bertz CT molecular complexity index is 1070. The molecule has 0 unspecified atom stereocenters. The average Bonchev–Trinajstić information content (AvgIpc) is 2.77. The number of benzene rings is 3. The molecule has 0 saturated heterocycles. The second-order valence-electron chi connectivity index (χ2n) is 6.59. The van der Waals surface area contributed by atoms with Gasteiger partial charge in [0.05, 0.1) is 17.8 Å². The maximum Gasteiger partial charge on any atom is 0.258 e.